The molecule has 0 aromatic heterocycles. The first-order valence-corrected chi connectivity index (χ1v) is 7.41. The molecule has 1 fully saturated rings. The highest BCUT2D eigenvalue weighted by Gasteiger charge is 2.31. The number of rotatable bonds is 2. The lowest BCUT2D eigenvalue weighted by atomic mass is 10.2. The van der Waals surface area contributed by atoms with Crippen molar-refractivity contribution < 1.29 is 13.2 Å². The molecule has 1 heterocycles. The Morgan fingerprint density at radius 1 is 1.16 bits per heavy atom. The summed E-state index contributed by atoms with van der Waals surface area (Å²) < 4.78 is 40.8. The zero-order chi connectivity index (χ0) is 14.0. The fourth-order valence-electron chi connectivity index (χ4n) is 1.77. The molecule has 1 aromatic rings. The van der Waals surface area contributed by atoms with E-state index in [-0.39, 0.29) is 0 Å². The molecule has 0 aliphatic carbocycles. The first-order chi connectivity index (χ1) is 8.86. The second-order valence-electron chi connectivity index (χ2n) is 4.47. The monoisotopic (exact) mass is 354 g/mol. The topological polar surface area (TPSA) is 6.48 Å². The number of hydrogen-bond acceptors (Lipinski definition) is 3. The van der Waals surface area contributed by atoms with E-state index in [1.54, 1.807) is 0 Å². The normalized spacial score (nSPS) is 18.8. The Labute approximate surface area is 123 Å². The van der Waals surface area contributed by atoms with E-state index in [1.807, 2.05) is 7.05 Å². The van der Waals surface area contributed by atoms with Crippen molar-refractivity contribution >= 4 is 27.9 Å². The van der Waals surface area contributed by atoms with Crippen LogP contribution in [0.5, 0.6) is 0 Å². The summed E-state index contributed by atoms with van der Waals surface area (Å²) in [5, 5.41) is 0. The molecule has 1 aliphatic rings. The van der Waals surface area contributed by atoms with Crippen molar-refractivity contribution in [2.24, 2.45) is 0 Å². The highest BCUT2D eigenvalue weighted by atomic mass is 79.9. The average Bonchev–Trinajstić information content (AvgIpc) is 2.33. The van der Waals surface area contributed by atoms with E-state index in [0.717, 1.165) is 32.2 Å². The molecule has 106 valence electrons. The summed E-state index contributed by atoms with van der Waals surface area (Å²) in [5.41, 5.74) is -0.604. The third-order valence-corrected chi connectivity index (χ3v) is 5.06. The highest BCUT2D eigenvalue weighted by molar-refractivity contribution is 9.10. The predicted octanol–water partition coefficient (Wildman–Crippen LogP) is 3.72. The lowest BCUT2D eigenvalue weighted by molar-refractivity contribution is -0.137. The number of nitrogens with zero attached hydrogens (tertiary/aromatic N) is 2. The highest BCUT2D eigenvalue weighted by Crippen LogP contribution is 2.36. The Morgan fingerprint density at radius 2 is 1.79 bits per heavy atom. The molecular formula is C12H14BrF3N2S. The maximum absolute atomic E-state index is 12.7. The molecule has 1 aromatic carbocycles. The molecule has 2 rings (SSSR count). The van der Waals surface area contributed by atoms with E-state index in [2.05, 4.69) is 25.1 Å². The van der Waals surface area contributed by atoms with Gasteiger partial charge in [-0.2, -0.15) is 13.2 Å². The molecule has 0 radical (unpaired) electrons. The molecule has 19 heavy (non-hydrogen) atoms. The van der Waals surface area contributed by atoms with Crippen molar-refractivity contribution in [1.82, 2.24) is 9.21 Å². The van der Waals surface area contributed by atoms with Gasteiger partial charge in [-0.15, -0.1) is 0 Å². The van der Waals surface area contributed by atoms with E-state index >= 15 is 0 Å². The minimum atomic E-state index is -4.29. The van der Waals surface area contributed by atoms with Gasteiger partial charge in [0.15, 0.2) is 0 Å². The van der Waals surface area contributed by atoms with Gasteiger partial charge in [-0.05, 0) is 53.1 Å². The van der Waals surface area contributed by atoms with Gasteiger partial charge in [0, 0.05) is 35.5 Å². The molecule has 0 saturated carbocycles. The quantitative estimate of drug-likeness (QED) is 0.747. The Morgan fingerprint density at radius 3 is 2.37 bits per heavy atom. The Hall–Kier alpha value is -0.240. The molecule has 7 heteroatoms. The van der Waals surface area contributed by atoms with E-state index in [4.69, 9.17) is 0 Å². The zero-order valence-electron chi connectivity index (χ0n) is 10.4. The maximum atomic E-state index is 12.7. The van der Waals surface area contributed by atoms with Crippen molar-refractivity contribution in [3.05, 3.63) is 28.2 Å². The largest absolute Gasteiger partial charge is 0.416 e. The lowest BCUT2D eigenvalue weighted by Gasteiger charge is -2.31. The van der Waals surface area contributed by atoms with Crippen LogP contribution in [-0.2, 0) is 6.18 Å². The number of likely N-dealkylation sites (N-methyl/N-ethyl adjacent to an activating group) is 1. The van der Waals surface area contributed by atoms with Crippen LogP contribution in [0.3, 0.4) is 0 Å². The molecule has 0 bridgehead atoms. The number of benzene rings is 1. The smallest absolute Gasteiger partial charge is 0.304 e. The van der Waals surface area contributed by atoms with E-state index in [0.29, 0.717) is 9.37 Å². The lowest BCUT2D eigenvalue weighted by Crippen LogP contribution is -2.41. The van der Waals surface area contributed by atoms with Crippen LogP contribution in [0.15, 0.2) is 27.6 Å². The van der Waals surface area contributed by atoms with Gasteiger partial charge in [-0.1, -0.05) is 0 Å². The fraction of sp³-hybridized carbons (Fsp3) is 0.500. The van der Waals surface area contributed by atoms with E-state index in [1.165, 1.54) is 24.1 Å². The summed E-state index contributed by atoms with van der Waals surface area (Å²) in [6.45, 7) is 3.57. The summed E-state index contributed by atoms with van der Waals surface area (Å²) in [7, 11) is 2.04. The van der Waals surface area contributed by atoms with Crippen molar-refractivity contribution in [2.75, 3.05) is 33.2 Å². The second-order valence-corrected chi connectivity index (χ2v) is 6.46. The summed E-state index contributed by atoms with van der Waals surface area (Å²) in [5.74, 6) is 0. The third-order valence-electron chi connectivity index (χ3n) is 2.95. The van der Waals surface area contributed by atoms with Crippen LogP contribution in [-0.4, -0.2) is 42.4 Å². The van der Waals surface area contributed by atoms with Gasteiger partial charge in [0.05, 0.1) is 5.56 Å². The van der Waals surface area contributed by atoms with Gasteiger partial charge < -0.3 is 4.90 Å². The van der Waals surface area contributed by atoms with Crippen LogP contribution >= 0.6 is 27.9 Å². The van der Waals surface area contributed by atoms with Crippen molar-refractivity contribution in [3.63, 3.8) is 0 Å². The molecule has 1 saturated heterocycles. The Bertz CT molecular complexity index is 445. The van der Waals surface area contributed by atoms with Crippen LogP contribution in [0, 0.1) is 0 Å². The van der Waals surface area contributed by atoms with Crippen molar-refractivity contribution in [2.45, 2.75) is 11.1 Å². The fourth-order valence-corrected chi connectivity index (χ4v) is 3.19. The van der Waals surface area contributed by atoms with Crippen molar-refractivity contribution in [1.29, 1.82) is 0 Å². The third kappa shape index (κ3) is 4.11. The summed E-state index contributed by atoms with van der Waals surface area (Å²) in [4.78, 5) is 2.82. The minimum Gasteiger partial charge on any atom is -0.304 e. The number of piperazine rings is 1. The van der Waals surface area contributed by atoms with Gasteiger partial charge >= 0.3 is 6.18 Å². The number of halogens is 4. The van der Waals surface area contributed by atoms with Gasteiger partial charge in [0.25, 0.3) is 0 Å². The second kappa shape index (κ2) is 6.03. The Balaban J connectivity index is 2.11. The van der Waals surface area contributed by atoms with Gasteiger partial charge in [-0.3, -0.25) is 0 Å². The number of alkyl halides is 3. The summed E-state index contributed by atoms with van der Waals surface area (Å²) in [6, 6.07) is 3.76. The summed E-state index contributed by atoms with van der Waals surface area (Å²) in [6.07, 6.45) is -4.29. The molecule has 2 nitrogen and oxygen atoms in total. The van der Waals surface area contributed by atoms with Gasteiger partial charge in [0.2, 0.25) is 0 Å². The molecule has 0 unspecified atom stereocenters. The van der Waals surface area contributed by atoms with Crippen LogP contribution < -0.4 is 0 Å². The molecule has 0 N–H and O–H groups in total. The number of hydrogen-bond donors (Lipinski definition) is 0. The van der Waals surface area contributed by atoms with E-state index < -0.39 is 11.7 Å². The minimum absolute atomic E-state index is 0.604. The van der Waals surface area contributed by atoms with Gasteiger partial charge in [-0.25, -0.2) is 4.31 Å². The molecule has 1 aliphatic heterocycles. The molecule has 0 amide bonds. The predicted molar refractivity (Wildman–Crippen MR) is 74.1 cm³/mol. The first-order valence-electron chi connectivity index (χ1n) is 5.84. The van der Waals surface area contributed by atoms with Crippen LogP contribution in [0.1, 0.15) is 5.56 Å². The molecule has 0 atom stereocenters. The van der Waals surface area contributed by atoms with Gasteiger partial charge in [0.1, 0.15) is 0 Å². The van der Waals surface area contributed by atoms with Crippen LogP contribution in [0.4, 0.5) is 13.2 Å². The molecular weight excluding hydrogens is 341 g/mol. The first kappa shape index (κ1) is 15.2. The summed E-state index contributed by atoms with van der Waals surface area (Å²) >= 11 is 4.69. The maximum Gasteiger partial charge on any atom is 0.416 e. The molecule has 0 spiro atoms. The average molecular weight is 355 g/mol. The zero-order valence-corrected chi connectivity index (χ0v) is 12.8. The Kier molecular flexibility index (Phi) is 4.81. The van der Waals surface area contributed by atoms with E-state index in [9.17, 15) is 13.2 Å². The van der Waals surface area contributed by atoms with Crippen LogP contribution in [0.2, 0.25) is 0 Å². The van der Waals surface area contributed by atoms with Crippen molar-refractivity contribution in [3.8, 4) is 0 Å². The SMILES string of the molecule is CN1CCN(Sc2cc(C(F)(F)F)ccc2Br)CC1. The van der Waals surface area contributed by atoms with Crippen LogP contribution in [0.25, 0.3) is 0 Å². The standard InChI is InChI=1S/C12H14BrF3N2S/c1-17-4-6-18(7-5-17)19-11-8-9(12(14,15)16)2-3-10(11)13/h2-3,8H,4-7H2,1H3.